The van der Waals surface area contributed by atoms with Crippen molar-refractivity contribution in [1.29, 1.82) is 5.26 Å². The number of carbonyl (C=O) groups excluding carboxylic acids is 2. The molecule has 0 spiro atoms. The maximum absolute atomic E-state index is 12.5. The summed E-state index contributed by atoms with van der Waals surface area (Å²) in [5.74, 6) is 0.173. The normalized spacial score (nSPS) is 14.2. The molecule has 2 amide bonds. The number of anilines is 1. The maximum atomic E-state index is 12.5. The summed E-state index contributed by atoms with van der Waals surface area (Å²) in [6.07, 6.45) is 1.15. The molecule has 2 aromatic rings. The molecule has 144 valence electrons. The summed E-state index contributed by atoms with van der Waals surface area (Å²) in [7, 11) is 0. The topological polar surface area (TPSA) is 82.4 Å². The van der Waals surface area contributed by atoms with Gasteiger partial charge in [-0.15, -0.1) is 0 Å². The van der Waals surface area contributed by atoms with Crippen molar-refractivity contribution < 1.29 is 14.3 Å². The van der Waals surface area contributed by atoms with Gasteiger partial charge in [-0.05, 0) is 49.2 Å². The molecule has 1 aliphatic rings. The van der Waals surface area contributed by atoms with E-state index in [-0.39, 0.29) is 24.3 Å². The molecule has 1 fully saturated rings. The Kier molecular flexibility index (Phi) is 6.51. The third kappa shape index (κ3) is 5.02. The van der Waals surface area contributed by atoms with Crippen molar-refractivity contribution in [3.05, 3.63) is 59.1 Å². The summed E-state index contributed by atoms with van der Waals surface area (Å²) in [4.78, 5) is 26.5. The number of piperidine rings is 1. The van der Waals surface area contributed by atoms with E-state index in [1.54, 1.807) is 53.4 Å². The monoisotopic (exact) mass is 397 g/mol. The van der Waals surface area contributed by atoms with Crippen LogP contribution in [0.4, 0.5) is 5.69 Å². The molecule has 0 unspecified atom stereocenters. The zero-order chi connectivity index (χ0) is 19.9. The van der Waals surface area contributed by atoms with Crippen molar-refractivity contribution in [2.24, 2.45) is 5.92 Å². The average molecular weight is 398 g/mol. The highest BCUT2D eigenvalue weighted by atomic mass is 35.5. The van der Waals surface area contributed by atoms with Crippen LogP contribution in [0.1, 0.15) is 18.4 Å². The fourth-order valence-electron chi connectivity index (χ4n) is 3.08. The molecule has 7 heteroatoms. The van der Waals surface area contributed by atoms with Crippen molar-refractivity contribution in [3.63, 3.8) is 0 Å². The van der Waals surface area contributed by atoms with Gasteiger partial charge in [0.1, 0.15) is 11.8 Å². The second-order valence-corrected chi connectivity index (χ2v) is 6.98. The van der Waals surface area contributed by atoms with Crippen molar-refractivity contribution >= 4 is 29.1 Å². The van der Waals surface area contributed by atoms with Gasteiger partial charge in [-0.3, -0.25) is 9.59 Å². The van der Waals surface area contributed by atoms with Crippen molar-refractivity contribution in [2.45, 2.75) is 12.8 Å². The molecule has 0 aliphatic carbocycles. The Labute approximate surface area is 168 Å². The first kappa shape index (κ1) is 19.7. The molecule has 6 nitrogen and oxygen atoms in total. The number of hydrogen-bond donors (Lipinski definition) is 1. The summed E-state index contributed by atoms with van der Waals surface area (Å²) in [6.45, 7) is 0.954. The molecule has 28 heavy (non-hydrogen) atoms. The molecule has 2 aromatic carbocycles. The summed E-state index contributed by atoms with van der Waals surface area (Å²) in [5.41, 5.74) is 0.952. The average Bonchev–Trinajstić information content (AvgIpc) is 2.73. The minimum absolute atomic E-state index is 0.0476. The van der Waals surface area contributed by atoms with Gasteiger partial charge in [0.05, 0.1) is 11.3 Å². The third-order valence-corrected chi connectivity index (χ3v) is 4.95. The van der Waals surface area contributed by atoms with Crippen LogP contribution in [0.15, 0.2) is 48.5 Å². The van der Waals surface area contributed by atoms with Gasteiger partial charge in [0.15, 0.2) is 6.61 Å². The van der Waals surface area contributed by atoms with Gasteiger partial charge < -0.3 is 15.0 Å². The first-order chi connectivity index (χ1) is 13.6. The second kappa shape index (κ2) is 9.25. The highest BCUT2D eigenvalue weighted by Gasteiger charge is 2.27. The molecule has 0 aromatic heterocycles. The molecule has 1 aliphatic heterocycles. The number of ether oxygens (including phenoxy) is 1. The number of amides is 2. The van der Waals surface area contributed by atoms with Gasteiger partial charge in [0.25, 0.3) is 5.91 Å². The second-order valence-electron chi connectivity index (χ2n) is 6.54. The number of nitrogens with one attached hydrogen (secondary N) is 1. The van der Waals surface area contributed by atoms with E-state index in [0.29, 0.717) is 48.0 Å². The van der Waals surface area contributed by atoms with Crippen LogP contribution in [0.25, 0.3) is 0 Å². The van der Waals surface area contributed by atoms with Crippen LogP contribution in [-0.4, -0.2) is 36.4 Å². The summed E-state index contributed by atoms with van der Waals surface area (Å²) < 4.78 is 5.50. The number of hydrogen-bond acceptors (Lipinski definition) is 4. The quantitative estimate of drug-likeness (QED) is 0.837. The molecule has 0 radical (unpaired) electrons. The zero-order valence-electron chi connectivity index (χ0n) is 15.2. The number of halogens is 1. The Hall–Kier alpha value is -3.04. The van der Waals surface area contributed by atoms with Crippen molar-refractivity contribution in [3.8, 4) is 11.8 Å². The molecular formula is C21H20ClN3O3. The van der Waals surface area contributed by atoms with Gasteiger partial charge in [-0.2, -0.15) is 5.26 Å². The third-order valence-electron chi connectivity index (χ3n) is 4.70. The smallest absolute Gasteiger partial charge is 0.260 e. The number of nitriles is 1. The highest BCUT2D eigenvalue weighted by Crippen LogP contribution is 2.22. The highest BCUT2D eigenvalue weighted by molar-refractivity contribution is 6.30. The molecule has 0 bridgehead atoms. The largest absolute Gasteiger partial charge is 0.484 e. The van der Waals surface area contributed by atoms with E-state index >= 15 is 0 Å². The van der Waals surface area contributed by atoms with Crippen molar-refractivity contribution in [1.82, 2.24) is 4.90 Å². The van der Waals surface area contributed by atoms with Crippen LogP contribution in [-0.2, 0) is 9.59 Å². The Balaban J connectivity index is 1.47. The Morgan fingerprint density at radius 3 is 2.50 bits per heavy atom. The fraction of sp³-hybridized carbons (Fsp3) is 0.286. The number of nitrogens with zero attached hydrogens (tertiary/aromatic N) is 2. The number of likely N-dealkylation sites (tertiary alicyclic amines) is 1. The maximum Gasteiger partial charge on any atom is 0.260 e. The van der Waals surface area contributed by atoms with Crippen molar-refractivity contribution in [2.75, 3.05) is 25.0 Å². The standard InChI is InChI=1S/C21H20ClN3O3/c22-17-5-7-18(8-6-17)28-14-20(26)25-11-9-15(10-12-25)21(27)24-19-4-2-1-3-16(19)13-23/h1-8,15H,9-12,14H2,(H,24,27). The Morgan fingerprint density at radius 2 is 1.82 bits per heavy atom. The number of carbonyl (C=O) groups is 2. The minimum Gasteiger partial charge on any atom is -0.484 e. The van der Waals surface area contributed by atoms with Gasteiger partial charge in [-0.25, -0.2) is 0 Å². The van der Waals surface area contributed by atoms with Gasteiger partial charge in [0, 0.05) is 24.0 Å². The summed E-state index contributed by atoms with van der Waals surface area (Å²) in [6, 6.07) is 15.8. The molecule has 1 N–H and O–H groups in total. The van der Waals surface area contributed by atoms with E-state index in [1.165, 1.54) is 0 Å². The van der Waals surface area contributed by atoms with E-state index in [9.17, 15) is 9.59 Å². The molecule has 0 saturated carbocycles. The minimum atomic E-state index is -0.187. The predicted octanol–water partition coefficient (Wildman–Crippen LogP) is 3.47. The van der Waals surface area contributed by atoms with E-state index in [2.05, 4.69) is 11.4 Å². The van der Waals surface area contributed by atoms with E-state index in [4.69, 9.17) is 21.6 Å². The molecule has 3 rings (SSSR count). The van der Waals surface area contributed by atoms with Crippen LogP contribution in [0, 0.1) is 17.2 Å². The number of benzene rings is 2. The van der Waals surface area contributed by atoms with Gasteiger partial charge >= 0.3 is 0 Å². The lowest BCUT2D eigenvalue weighted by molar-refractivity contribution is -0.136. The van der Waals surface area contributed by atoms with Gasteiger partial charge in [-0.1, -0.05) is 23.7 Å². The Bertz CT molecular complexity index is 885. The molecule has 0 atom stereocenters. The lowest BCUT2D eigenvalue weighted by atomic mass is 9.95. The number of para-hydroxylation sites is 1. The van der Waals surface area contributed by atoms with Crippen LogP contribution in [0.2, 0.25) is 5.02 Å². The van der Waals surface area contributed by atoms with Crippen LogP contribution in [0.5, 0.6) is 5.75 Å². The number of rotatable bonds is 5. The summed E-state index contributed by atoms with van der Waals surface area (Å²) in [5, 5.41) is 12.6. The zero-order valence-corrected chi connectivity index (χ0v) is 16.0. The van der Waals surface area contributed by atoms with Gasteiger partial charge in [0.2, 0.25) is 5.91 Å². The van der Waals surface area contributed by atoms with E-state index in [0.717, 1.165) is 0 Å². The molecule has 1 heterocycles. The van der Waals surface area contributed by atoms with Crippen LogP contribution >= 0.6 is 11.6 Å². The lowest BCUT2D eigenvalue weighted by Crippen LogP contribution is -2.43. The van der Waals surface area contributed by atoms with Crippen LogP contribution in [0.3, 0.4) is 0 Å². The van der Waals surface area contributed by atoms with E-state index in [1.807, 2.05) is 0 Å². The molecular weight excluding hydrogens is 378 g/mol. The van der Waals surface area contributed by atoms with Crippen LogP contribution < -0.4 is 10.1 Å². The van der Waals surface area contributed by atoms with E-state index < -0.39 is 0 Å². The predicted molar refractivity (Wildman–Crippen MR) is 106 cm³/mol. The molecule has 1 saturated heterocycles. The first-order valence-electron chi connectivity index (χ1n) is 9.03. The fourth-order valence-corrected chi connectivity index (χ4v) is 3.21. The SMILES string of the molecule is N#Cc1ccccc1NC(=O)C1CCN(C(=O)COc2ccc(Cl)cc2)CC1. The first-order valence-corrected chi connectivity index (χ1v) is 9.41. The Morgan fingerprint density at radius 1 is 1.14 bits per heavy atom. The lowest BCUT2D eigenvalue weighted by Gasteiger charge is -2.31. The summed E-state index contributed by atoms with van der Waals surface area (Å²) >= 11 is 5.82.